The van der Waals surface area contributed by atoms with E-state index in [9.17, 15) is 19.5 Å². The third-order valence-electron chi connectivity index (χ3n) is 9.12. The highest BCUT2D eigenvalue weighted by atomic mass is 16.6. The van der Waals surface area contributed by atoms with Crippen molar-refractivity contribution >= 4 is 17.9 Å². The number of esters is 2. The van der Waals surface area contributed by atoms with Gasteiger partial charge in [-0.05, 0) is 38.5 Å². The van der Waals surface area contributed by atoms with Gasteiger partial charge in [0.05, 0.1) is 34.4 Å². The fourth-order valence-electron chi connectivity index (χ4n) is 5.95. The van der Waals surface area contributed by atoms with Gasteiger partial charge in [0.25, 0.3) is 0 Å². The van der Waals surface area contributed by atoms with Crippen LogP contribution in [0.1, 0.15) is 174 Å². The molecule has 0 aliphatic heterocycles. The Kier molecular flexibility index (Phi) is 32.4. The number of aliphatic carboxylic acids is 1. The minimum absolute atomic E-state index is 0.0544. The van der Waals surface area contributed by atoms with Gasteiger partial charge < -0.3 is 23.8 Å². The van der Waals surface area contributed by atoms with Gasteiger partial charge >= 0.3 is 17.9 Å². The number of carbonyl (C=O) groups is 3. The first kappa shape index (κ1) is 47.8. The van der Waals surface area contributed by atoms with Gasteiger partial charge in [-0.3, -0.25) is 9.59 Å². The number of carboxylic acids is 1. The molecule has 8 heteroatoms. The number of quaternary nitrogens is 1. The minimum Gasteiger partial charge on any atom is -0.477 e. The number of carboxylic acid groups (broad SMARTS) is 1. The van der Waals surface area contributed by atoms with Gasteiger partial charge in [0, 0.05) is 19.3 Å². The van der Waals surface area contributed by atoms with Crippen LogP contribution in [0.3, 0.4) is 0 Å². The summed E-state index contributed by atoms with van der Waals surface area (Å²) in [4.78, 5) is 36.7. The van der Waals surface area contributed by atoms with Crippen LogP contribution in [-0.2, 0) is 28.6 Å². The molecule has 0 aromatic heterocycles. The predicted octanol–water partition coefficient (Wildman–Crippen LogP) is 10.5. The average molecular weight is 709 g/mol. The van der Waals surface area contributed by atoms with Gasteiger partial charge in [0.15, 0.2) is 12.1 Å². The lowest BCUT2D eigenvalue weighted by Crippen LogP contribution is -2.50. The van der Waals surface area contributed by atoms with Crippen LogP contribution < -0.4 is 0 Å². The Hall–Kier alpha value is -2.19. The zero-order chi connectivity index (χ0) is 37.1. The molecule has 0 aliphatic rings. The van der Waals surface area contributed by atoms with E-state index in [1.165, 1.54) is 89.9 Å². The maximum atomic E-state index is 12.7. The molecule has 8 nitrogen and oxygen atoms in total. The monoisotopic (exact) mass is 709 g/mol. The molecule has 0 radical (unpaired) electrons. The molecular formula is C42H78NO7+. The first-order valence-electron chi connectivity index (χ1n) is 20.4. The van der Waals surface area contributed by atoms with Crippen LogP contribution in [0.2, 0.25) is 0 Å². The van der Waals surface area contributed by atoms with Crippen molar-refractivity contribution in [2.75, 3.05) is 41.0 Å². The summed E-state index contributed by atoms with van der Waals surface area (Å²) in [5, 5.41) is 9.58. The Labute approximate surface area is 307 Å². The quantitative estimate of drug-likeness (QED) is 0.0299. The normalized spacial score (nSPS) is 13.2. The van der Waals surface area contributed by atoms with Crippen molar-refractivity contribution in [3.8, 4) is 0 Å². The van der Waals surface area contributed by atoms with Gasteiger partial charge in [-0.2, -0.15) is 0 Å². The third-order valence-corrected chi connectivity index (χ3v) is 9.12. The number of hydrogen-bond acceptors (Lipinski definition) is 6. The first-order chi connectivity index (χ1) is 24.1. The van der Waals surface area contributed by atoms with Gasteiger partial charge in [-0.25, -0.2) is 4.79 Å². The second-order valence-electron chi connectivity index (χ2n) is 14.9. The average Bonchev–Trinajstić information content (AvgIpc) is 3.06. The number of unbranched alkanes of at least 4 members (excludes halogenated alkanes) is 18. The lowest BCUT2D eigenvalue weighted by Gasteiger charge is -2.31. The van der Waals surface area contributed by atoms with E-state index in [0.29, 0.717) is 19.3 Å². The number of hydrogen-bond donors (Lipinski definition) is 1. The molecule has 0 heterocycles. The lowest BCUT2D eigenvalue weighted by atomic mass is 10.0. The predicted molar refractivity (Wildman–Crippen MR) is 206 cm³/mol. The highest BCUT2D eigenvalue weighted by Crippen LogP contribution is 2.15. The standard InChI is InChI=1S/C42H77NO7/c1-6-8-10-12-14-16-17-18-19-20-21-22-23-25-27-29-31-33-41(45)50-38(36-48-35-34-39(42(46)47)43(3,4)5)37-49-40(44)32-30-28-26-24-15-13-11-9-7-2/h9,11,15,24,38-39H,6-8,10,12-14,16-23,25-37H2,1-5H3/p+1/b11-9+,24-15+. The van der Waals surface area contributed by atoms with E-state index in [1.807, 2.05) is 21.1 Å². The Bertz CT molecular complexity index is 880. The Morgan fingerprint density at radius 2 is 1.12 bits per heavy atom. The topological polar surface area (TPSA) is 99.1 Å². The molecule has 1 N–H and O–H groups in total. The SMILES string of the molecule is CC/C=C/C/C=C/CCCCC(=O)OCC(COCCC(C(=O)O)[N+](C)(C)C)OC(=O)CCCCCCCCCCCCCCCCCCC. The smallest absolute Gasteiger partial charge is 0.362 e. The molecule has 0 spiro atoms. The maximum absolute atomic E-state index is 12.7. The molecule has 0 rings (SSSR count). The van der Waals surface area contributed by atoms with E-state index in [2.05, 4.69) is 38.2 Å². The fraction of sp³-hybridized carbons (Fsp3) is 0.833. The summed E-state index contributed by atoms with van der Waals surface area (Å²) < 4.78 is 17.2. The van der Waals surface area contributed by atoms with Crippen LogP contribution in [0.15, 0.2) is 24.3 Å². The molecule has 2 atom stereocenters. The Balaban J connectivity index is 4.33. The summed E-state index contributed by atoms with van der Waals surface area (Å²) >= 11 is 0. The molecule has 0 amide bonds. The van der Waals surface area contributed by atoms with E-state index >= 15 is 0 Å². The van der Waals surface area contributed by atoms with E-state index in [-0.39, 0.29) is 36.2 Å². The zero-order valence-electron chi connectivity index (χ0n) is 33.1. The molecule has 0 aromatic rings. The number of ether oxygens (including phenoxy) is 3. The maximum Gasteiger partial charge on any atom is 0.362 e. The summed E-state index contributed by atoms with van der Waals surface area (Å²) in [5.41, 5.74) is 0. The Morgan fingerprint density at radius 3 is 1.64 bits per heavy atom. The van der Waals surface area contributed by atoms with Crippen molar-refractivity contribution < 1.29 is 38.2 Å². The molecular weight excluding hydrogens is 630 g/mol. The first-order valence-corrected chi connectivity index (χ1v) is 20.4. The minimum atomic E-state index is -0.879. The van der Waals surface area contributed by atoms with E-state index in [1.54, 1.807) is 0 Å². The van der Waals surface area contributed by atoms with E-state index < -0.39 is 18.1 Å². The summed E-state index contributed by atoms with van der Waals surface area (Å²) in [5.74, 6) is -1.51. The van der Waals surface area contributed by atoms with Gasteiger partial charge in [-0.15, -0.1) is 0 Å². The highest BCUT2D eigenvalue weighted by Gasteiger charge is 2.31. The summed E-state index contributed by atoms with van der Waals surface area (Å²) in [6, 6.07) is -0.615. The largest absolute Gasteiger partial charge is 0.477 e. The van der Waals surface area contributed by atoms with Crippen molar-refractivity contribution in [2.24, 2.45) is 0 Å². The molecule has 0 saturated carbocycles. The van der Waals surface area contributed by atoms with Crippen molar-refractivity contribution in [1.29, 1.82) is 0 Å². The van der Waals surface area contributed by atoms with Crippen molar-refractivity contribution in [3.05, 3.63) is 24.3 Å². The Morgan fingerprint density at radius 1 is 0.620 bits per heavy atom. The number of nitrogens with zero attached hydrogens (tertiary/aromatic N) is 1. The van der Waals surface area contributed by atoms with Crippen LogP contribution in [0.4, 0.5) is 0 Å². The van der Waals surface area contributed by atoms with Crippen LogP contribution in [0.25, 0.3) is 0 Å². The molecule has 0 aliphatic carbocycles. The van der Waals surface area contributed by atoms with Crippen LogP contribution in [-0.4, -0.2) is 80.6 Å². The molecule has 0 saturated heterocycles. The van der Waals surface area contributed by atoms with Gasteiger partial charge in [0.2, 0.25) is 0 Å². The number of allylic oxidation sites excluding steroid dienone is 4. The van der Waals surface area contributed by atoms with Gasteiger partial charge in [0.1, 0.15) is 6.61 Å². The summed E-state index contributed by atoms with van der Waals surface area (Å²) in [7, 11) is 5.51. The van der Waals surface area contributed by atoms with Crippen molar-refractivity contribution in [1.82, 2.24) is 0 Å². The molecule has 292 valence electrons. The van der Waals surface area contributed by atoms with E-state index in [4.69, 9.17) is 14.2 Å². The number of rotatable bonds is 36. The number of carbonyl (C=O) groups excluding carboxylic acids is 2. The van der Waals surface area contributed by atoms with Crippen molar-refractivity contribution in [3.63, 3.8) is 0 Å². The number of likely N-dealkylation sites (N-methyl/N-ethyl adjacent to an activating group) is 1. The van der Waals surface area contributed by atoms with Crippen LogP contribution in [0.5, 0.6) is 0 Å². The molecule has 50 heavy (non-hydrogen) atoms. The van der Waals surface area contributed by atoms with Gasteiger partial charge in [-0.1, -0.05) is 141 Å². The highest BCUT2D eigenvalue weighted by molar-refractivity contribution is 5.72. The second-order valence-corrected chi connectivity index (χ2v) is 14.9. The molecule has 0 aromatic carbocycles. The van der Waals surface area contributed by atoms with Crippen molar-refractivity contribution in [2.45, 2.75) is 187 Å². The fourth-order valence-corrected chi connectivity index (χ4v) is 5.95. The summed E-state index contributed by atoms with van der Waals surface area (Å²) in [6.45, 7) is 4.58. The molecule has 2 unspecified atom stereocenters. The third kappa shape index (κ3) is 31.8. The van der Waals surface area contributed by atoms with Crippen LogP contribution >= 0.6 is 0 Å². The zero-order valence-corrected chi connectivity index (χ0v) is 33.1. The van der Waals surface area contributed by atoms with Crippen LogP contribution in [0, 0.1) is 0 Å². The second kappa shape index (κ2) is 33.9. The summed E-state index contributed by atoms with van der Waals surface area (Å²) in [6.07, 6.45) is 35.2. The van der Waals surface area contributed by atoms with E-state index in [0.717, 1.165) is 51.4 Å². The molecule has 0 bridgehead atoms. The lowest BCUT2D eigenvalue weighted by molar-refractivity contribution is -0.887. The molecule has 0 fully saturated rings.